The summed E-state index contributed by atoms with van der Waals surface area (Å²) in [4.78, 5) is 37.1. The van der Waals surface area contributed by atoms with Gasteiger partial charge in [-0.2, -0.15) is 11.8 Å². The lowest BCUT2D eigenvalue weighted by Crippen LogP contribution is -2.42. The summed E-state index contributed by atoms with van der Waals surface area (Å²) in [5.74, 6) is 3.23. The van der Waals surface area contributed by atoms with Crippen LogP contribution >= 0.6 is 23.1 Å². The third kappa shape index (κ3) is 4.89. The average Bonchev–Trinajstić information content (AvgIpc) is 3.40. The number of benzene rings is 1. The summed E-state index contributed by atoms with van der Waals surface area (Å²) in [6, 6.07) is 6.21. The molecule has 1 N–H and O–H groups in total. The molecule has 1 fully saturated rings. The van der Waals surface area contributed by atoms with E-state index in [4.69, 9.17) is 9.72 Å². The fourth-order valence-electron chi connectivity index (χ4n) is 4.98. The third-order valence-corrected chi connectivity index (χ3v) is 8.97. The van der Waals surface area contributed by atoms with Crippen LogP contribution in [0.5, 0.6) is 5.75 Å². The number of aryl methyl sites for hydroxylation is 4. The topological polar surface area (TPSA) is 75.3 Å². The summed E-state index contributed by atoms with van der Waals surface area (Å²) in [5, 5.41) is 0.798. The number of thiophene rings is 1. The first-order valence-electron chi connectivity index (χ1n) is 12.1. The molecule has 3 aromatic rings. The third-order valence-electron chi connectivity index (χ3n) is 6.81. The molecule has 0 spiro atoms. The summed E-state index contributed by atoms with van der Waals surface area (Å²) >= 11 is 3.32. The van der Waals surface area contributed by atoms with Crippen molar-refractivity contribution in [1.82, 2.24) is 14.9 Å². The van der Waals surface area contributed by atoms with Crippen molar-refractivity contribution in [1.29, 1.82) is 0 Å². The average molecular weight is 498 g/mol. The van der Waals surface area contributed by atoms with Crippen LogP contribution in [0.15, 0.2) is 23.0 Å². The zero-order valence-electron chi connectivity index (χ0n) is 19.8. The molecule has 3 heterocycles. The van der Waals surface area contributed by atoms with Crippen molar-refractivity contribution in [2.75, 3.05) is 18.8 Å². The molecule has 2 aliphatic rings. The predicted molar refractivity (Wildman–Crippen MR) is 139 cm³/mol. The SMILES string of the molecule is Cc1cccc(C)c1OC1CCN(C(=O)CCSCc2nc3sc4c(c3c(=O)[nH]2)CCC4)CC1. The molecule has 2 aromatic heterocycles. The first-order valence-corrected chi connectivity index (χ1v) is 14.1. The van der Waals surface area contributed by atoms with Crippen molar-refractivity contribution in [3.05, 3.63) is 55.9 Å². The standard InChI is InChI=1S/C26H31N3O3S2/c1-16-5-3-6-17(2)24(16)32-18-9-12-29(13-10-18)22(30)11-14-33-15-21-27-25(31)23-19-7-4-8-20(19)34-26(23)28-21/h3,5-6,18H,4,7-15H2,1-2H3,(H,27,28,31). The minimum absolute atomic E-state index is 0.0120. The van der Waals surface area contributed by atoms with Crippen LogP contribution in [0.4, 0.5) is 0 Å². The van der Waals surface area contributed by atoms with E-state index in [9.17, 15) is 9.59 Å². The highest BCUT2D eigenvalue weighted by molar-refractivity contribution is 7.98. The lowest BCUT2D eigenvalue weighted by Gasteiger charge is -2.33. The van der Waals surface area contributed by atoms with Crippen molar-refractivity contribution in [3.63, 3.8) is 0 Å². The van der Waals surface area contributed by atoms with Gasteiger partial charge < -0.3 is 14.6 Å². The number of nitrogens with one attached hydrogen (secondary N) is 1. The van der Waals surface area contributed by atoms with E-state index in [1.165, 1.54) is 10.4 Å². The number of amides is 1. The van der Waals surface area contributed by atoms with Gasteiger partial charge in [0.25, 0.3) is 5.56 Å². The molecule has 1 aliphatic carbocycles. The highest BCUT2D eigenvalue weighted by Gasteiger charge is 2.25. The van der Waals surface area contributed by atoms with E-state index in [1.54, 1.807) is 23.1 Å². The number of aromatic nitrogens is 2. The predicted octanol–water partition coefficient (Wildman–Crippen LogP) is 4.78. The number of thioether (sulfide) groups is 1. The molecule has 1 amide bonds. The smallest absolute Gasteiger partial charge is 0.259 e. The molecule has 0 atom stereocenters. The van der Waals surface area contributed by atoms with E-state index >= 15 is 0 Å². The van der Waals surface area contributed by atoms with Crippen LogP contribution in [-0.4, -0.2) is 45.7 Å². The largest absolute Gasteiger partial charge is 0.490 e. The van der Waals surface area contributed by atoms with E-state index in [2.05, 4.69) is 37.0 Å². The van der Waals surface area contributed by atoms with E-state index in [1.807, 2.05) is 4.90 Å². The number of nitrogens with zero attached hydrogens (tertiary/aromatic N) is 2. The number of likely N-dealkylation sites (tertiary alicyclic amines) is 1. The molecule has 0 radical (unpaired) electrons. The number of fused-ring (bicyclic) bond motifs is 3. The van der Waals surface area contributed by atoms with Crippen molar-refractivity contribution in [3.8, 4) is 5.75 Å². The summed E-state index contributed by atoms with van der Waals surface area (Å²) in [6.07, 6.45) is 5.59. The number of rotatable bonds is 7. The molecule has 0 saturated carbocycles. The van der Waals surface area contributed by atoms with Crippen molar-refractivity contribution < 1.29 is 9.53 Å². The normalized spacial score (nSPS) is 16.2. The first-order chi connectivity index (χ1) is 16.5. The van der Waals surface area contributed by atoms with Crippen molar-refractivity contribution >= 4 is 39.2 Å². The minimum Gasteiger partial charge on any atom is -0.490 e. The van der Waals surface area contributed by atoms with Crippen LogP contribution in [0.2, 0.25) is 0 Å². The zero-order valence-corrected chi connectivity index (χ0v) is 21.4. The number of hydrogen-bond acceptors (Lipinski definition) is 6. The maximum absolute atomic E-state index is 12.7. The van der Waals surface area contributed by atoms with Gasteiger partial charge in [-0.05, 0) is 49.8 Å². The van der Waals surface area contributed by atoms with Gasteiger partial charge in [0.05, 0.1) is 11.1 Å². The Bertz CT molecular complexity index is 1240. The lowest BCUT2D eigenvalue weighted by atomic mass is 10.1. The monoisotopic (exact) mass is 497 g/mol. The molecule has 0 bridgehead atoms. The Morgan fingerprint density at radius 1 is 1.24 bits per heavy atom. The molecule has 1 aromatic carbocycles. The molecule has 6 nitrogen and oxygen atoms in total. The first kappa shape index (κ1) is 23.4. The maximum atomic E-state index is 12.7. The maximum Gasteiger partial charge on any atom is 0.259 e. The van der Waals surface area contributed by atoms with Gasteiger partial charge in [-0.1, -0.05) is 18.2 Å². The van der Waals surface area contributed by atoms with Crippen LogP contribution in [0.1, 0.15) is 53.1 Å². The van der Waals surface area contributed by atoms with Gasteiger partial charge in [-0.15, -0.1) is 11.3 Å². The Morgan fingerprint density at radius 2 is 2.00 bits per heavy atom. The van der Waals surface area contributed by atoms with E-state index < -0.39 is 0 Å². The zero-order chi connectivity index (χ0) is 23.7. The highest BCUT2D eigenvalue weighted by Crippen LogP contribution is 2.34. The Morgan fingerprint density at radius 3 is 2.76 bits per heavy atom. The Kier molecular flexibility index (Phi) is 6.97. The quantitative estimate of drug-likeness (QED) is 0.476. The van der Waals surface area contributed by atoms with Crippen LogP contribution in [-0.2, 0) is 23.4 Å². The fraction of sp³-hybridized carbons (Fsp3) is 0.500. The van der Waals surface area contributed by atoms with Gasteiger partial charge in [-0.25, -0.2) is 4.98 Å². The van der Waals surface area contributed by atoms with Gasteiger partial charge in [0.15, 0.2) is 0 Å². The second kappa shape index (κ2) is 10.1. The molecular weight excluding hydrogens is 466 g/mol. The molecule has 8 heteroatoms. The summed E-state index contributed by atoms with van der Waals surface area (Å²) < 4.78 is 6.28. The number of hydrogen-bond donors (Lipinski definition) is 1. The number of H-pyrrole nitrogens is 1. The van der Waals surface area contributed by atoms with Gasteiger partial charge in [0.2, 0.25) is 5.91 Å². The van der Waals surface area contributed by atoms with Crippen LogP contribution in [0.3, 0.4) is 0 Å². The van der Waals surface area contributed by atoms with E-state index in [0.717, 1.165) is 78.0 Å². The number of para-hydroxylation sites is 1. The number of piperidine rings is 1. The molecule has 1 aliphatic heterocycles. The van der Waals surface area contributed by atoms with E-state index in [-0.39, 0.29) is 17.6 Å². The van der Waals surface area contributed by atoms with Gasteiger partial charge in [0.1, 0.15) is 22.5 Å². The number of carbonyl (C=O) groups is 1. The molecular formula is C26H31N3O3S2. The Hall–Kier alpha value is -2.32. The summed E-state index contributed by atoms with van der Waals surface area (Å²) in [7, 11) is 0. The molecule has 1 saturated heterocycles. The highest BCUT2D eigenvalue weighted by atomic mass is 32.2. The summed E-state index contributed by atoms with van der Waals surface area (Å²) in [6.45, 7) is 5.64. The molecule has 180 valence electrons. The van der Waals surface area contributed by atoms with Crippen LogP contribution in [0, 0.1) is 13.8 Å². The van der Waals surface area contributed by atoms with Crippen LogP contribution < -0.4 is 10.3 Å². The van der Waals surface area contributed by atoms with E-state index in [0.29, 0.717) is 18.0 Å². The van der Waals surface area contributed by atoms with Crippen molar-refractivity contribution in [2.45, 2.75) is 64.2 Å². The molecule has 5 rings (SSSR count). The molecule has 0 unspecified atom stereocenters. The number of ether oxygens (including phenoxy) is 1. The Labute approximate surface area is 208 Å². The van der Waals surface area contributed by atoms with Gasteiger partial charge in [-0.3, -0.25) is 9.59 Å². The van der Waals surface area contributed by atoms with Gasteiger partial charge in [0, 0.05) is 43.0 Å². The second-order valence-corrected chi connectivity index (χ2v) is 11.5. The van der Waals surface area contributed by atoms with Crippen LogP contribution in [0.25, 0.3) is 10.2 Å². The second-order valence-electron chi connectivity index (χ2n) is 9.27. The number of carbonyl (C=O) groups excluding carboxylic acids is 1. The summed E-state index contributed by atoms with van der Waals surface area (Å²) in [5.41, 5.74) is 3.52. The number of aromatic amines is 1. The fourth-order valence-corrected chi connectivity index (χ4v) is 7.05. The van der Waals surface area contributed by atoms with Crippen molar-refractivity contribution in [2.24, 2.45) is 0 Å². The minimum atomic E-state index is -0.0120. The Balaban J connectivity index is 1.07. The van der Waals surface area contributed by atoms with Gasteiger partial charge >= 0.3 is 0 Å². The molecule has 34 heavy (non-hydrogen) atoms. The lowest BCUT2D eigenvalue weighted by molar-refractivity contribution is -0.132.